The van der Waals surface area contributed by atoms with Crippen LogP contribution >= 0.6 is 23.5 Å². The Morgan fingerprint density at radius 3 is 1.62 bits per heavy atom. The van der Waals surface area contributed by atoms with Gasteiger partial charge in [-0.1, -0.05) is 157 Å². The van der Waals surface area contributed by atoms with Crippen LogP contribution in [0.4, 0.5) is 0 Å². The smallest absolute Gasteiger partial charge is 0.0207 e. The van der Waals surface area contributed by atoms with Crippen molar-refractivity contribution in [3.05, 3.63) is 158 Å². The van der Waals surface area contributed by atoms with E-state index in [1.54, 1.807) is 0 Å². The summed E-state index contributed by atoms with van der Waals surface area (Å²) in [6, 6.07) is 59.5. The van der Waals surface area contributed by atoms with Crippen LogP contribution in [-0.2, 0) is 0 Å². The minimum atomic E-state index is 1.27. The fourth-order valence-corrected chi connectivity index (χ4v) is 11.2. The average Bonchev–Trinajstić information content (AvgIpc) is 3.17. The van der Waals surface area contributed by atoms with E-state index in [2.05, 4.69) is 158 Å². The predicted octanol–water partition coefficient (Wildman–Crippen LogP) is 14.5. The molecule has 0 atom stereocenters. The molecule has 0 fully saturated rings. The van der Waals surface area contributed by atoms with Gasteiger partial charge in [0.2, 0.25) is 0 Å². The second-order valence-electron chi connectivity index (χ2n) is 13.6. The fourth-order valence-electron chi connectivity index (χ4n) is 8.83. The molecule has 0 aromatic heterocycles. The van der Waals surface area contributed by atoms with E-state index in [1.165, 1.54) is 118 Å². The van der Waals surface area contributed by atoms with Crippen LogP contribution in [-0.4, -0.2) is 0 Å². The maximum atomic E-state index is 2.41. The van der Waals surface area contributed by atoms with Crippen molar-refractivity contribution in [2.75, 3.05) is 0 Å². The van der Waals surface area contributed by atoms with Crippen LogP contribution < -0.4 is 0 Å². The Morgan fingerprint density at radius 1 is 0.260 bits per heavy atom. The van der Waals surface area contributed by atoms with Crippen LogP contribution in [0.15, 0.2) is 177 Å². The Labute approximate surface area is 297 Å². The Morgan fingerprint density at radius 2 is 0.780 bits per heavy atom. The Kier molecular flexibility index (Phi) is 5.47. The van der Waals surface area contributed by atoms with E-state index in [0.29, 0.717) is 0 Å². The lowest BCUT2D eigenvalue weighted by Crippen LogP contribution is -1.95. The van der Waals surface area contributed by atoms with Gasteiger partial charge in [0, 0.05) is 30.4 Å². The first kappa shape index (κ1) is 27.3. The summed E-state index contributed by atoms with van der Waals surface area (Å²) in [5, 5.41) is 13.3. The maximum Gasteiger partial charge on any atom is 0.0207 e. The molecule has 0 radical (unpaired) electrons. The highest BCUT2D eigenvalue weighted by Gasteiger charge is 2.23. The van der Waals surface area contributed by atoms with E-state index >= 15 is 0 Å². The van der Waals surface area contributed by atoms with Crippen LogP contribution in [0.3, 0.4) is 0 Å². The lowest BCUT2D eigenvalue weighted by Gasteiger charge is -2.22. The highest BCUT2D eigenvalue weighted by Crippen LogP contribution is 2.52. The minimum absolute atomic E-state index is 1.27. The highest BCUT2D eigenvalue weighted by molar-refractivity contribution is 8.00. The van der Waals surface area contributed by atoms with Gasteiger partial charge >= 0.3 is 0 Å². The van der Waals surface area contributed by atoms with E-state index < -0.39 is 0 Å². The topological polar surface area (TPSA) is 0 Å². The molecule has 12 rings (SSSR count). The van der Waals surface area contributed by atoms with Crippen molar-refractivity contribution in [3.63, 3.8) is 0 Å². The summed E-state index contributed by atoms with van der Waals surface area (Å²) in [4.78, 5) is 5.33. The van der Waals surface area contributed by atoms with Gasteiger partial charge < -0.3 is 0 Å². The second-order valence-corrected chi connectivity index (χ2v) is 15.7. The summed E-state index contributed by atoms with van der Waals surface area (Å²) in [6.45, 7) is 0. The zero-order chi connectivity index (χ0) is 32.5. The van der Waals surface area contributed by atoms with Gasteiger partial charge in [0.05, 0.1) is 0 Å². The molecule has 0 N–H and O–H groups in total. The molecule has 10 aromatic rings. The summed E-state index contributed by atoms with van der Waals surface area (Å²) in [6.07, 6.45) is 0. The fraction of sp³-hybridized carbons (Fsp3) is 0. The van der Waals surface area contributed by atoms with E-state index in [1.807, 2.05) is 23.5 Å². The molecule has 0 unspecified atom stereocenters. The van der Waals surface area contributed by atoms with Gasteiger partial charge in [-0.3, -0.25) is 0 Å². The normalized spacial score (nSPS) is 13.0. The zero-order valence-electron chi connectivity index (χ0n) is 26.8. The molecule has 2 heterocycles. The third-order valence-corrected chi connectivity index (χ3v) is 13.3. The lowest BCUT2D eigenvalue weighted by atomic mass is 9.85. The average molecular weight is 667 g/mol. The Bertz CT molecular complexity index is 3090. The number of rotatable bonds is 2. The molecule has 0 saturated heterocycles. The number of hydrogen-bond donors (Lipinski definition) is 0. The van der Waals surface area contributed by atoms with Crippen molar-refractivity contribution in [2.45, 2.75) is 19.6 Å². The summed E-state index contributed by atoms with van der Waals surface area (Å²) >= 11 is 3.79. The highest BCUT2D eigenvalue weighted by atomic mass is 32.2. The van der Waals surface area contributed by atoms with Crippen LogP contribution in [0.25, 0.3) is 98.4 Å². The molecular formula is C48H26S2. The van der Waals surface area contributed by atoms with Crippen molar-refractivity contribution >= 4 is 77.4 Å². The van der Waals surface area contributed by atoms with E-state index in [0.717, 1.165) is 0 Å². The first-order valence-corrected chi connectivity index (χ1v) is 18.8. The summed E-state index contributed by atoms with van der Waals surface area (Å²) in [5.74, 6) is 0. The van der Waals surface area contributed by atoms with E-state index in [4.69, 9.17) is 0 Å². The number of benzene rings is 10. The minimum Gasteiger partial charge on any atom is -0.0888 e. The largest absolute Gasteiger partial charge is 0.0888 e. The van der Waals surface area contributed by atoms with E-state index in [-0.39, 0.29) is 0 Å². The molecule has 0 nitrogen and oxygen atoms in total. The molecular weight excluding hydrogens is 641 g/mol. The van der Waals surface area contributed by atoms with Crippen LogP contribution in [0.2, 0.25) is 0 Å². The molecule has 2 aliphatic heterocycles. The molecule has 0 spiro atoms. The Hall–Kier alpha value is -5.54. The third kappa shape index (κ3) is 3.65. The molecule has 0 saturated carbocycles. The molecule has 0 amide bonds. The van der Waals surface area contributed by atoms with Crippen LogP contribution in [0, 0.1) is 0 Å². The third-order valence-electron chi connectivity index (χ3n) is 11.0. The SMILES string of the molecule is c1ccc2c(c1)Sc1ccc(-c3ccc4ccc5c(-c6ccc7c(c6)Sc6cccc8cccc-7c68)ccc6ccc3c4c65)c3cccc-2c13. The number of fused-ring (bicyclic) bond motifs is 4. The first-order valence-electron chi connectivity index (χ1n) is 17.2. The molecule has 230 valence electrons. The van der Waals surface area contributed by atoms with Gasteiger partial charge in [0.25, 0.3) is 0 Å². The van der Waals surface area contributed by atoms with Gasteiger partial charge in [-0.05, 0) is 112 Å². The van der Waals surface area contributed by atoms with Gasteiger partial charge in [0.15, 0.2) is 0 Å². The lowest BCUT2D eigenvalue weighted by molar-refractivity contribution is 1.40. The molecule has 10 aromatic carbocycles. The van der Waals surface area contributed by atoms with Crippen molar-refractivity contribution < 1.29 is 0 Å². The molecule has 2 aliphatic rings. The molecule has 0 bridgehead atoms. The zero-order valence-corrected chi connectivity index (χ0v) is 28.5. The summed E-state index contributed by atoms with van der Waals surface area (Å²) < 4.78 is 0. The Balaban J connectivity index is 1.06. The number of hydrogen-bond acceptors (Lipinski definition) is 2. The van der Waals surface area contributed by atoms with Crippen LogP contribution in [0.1, 0.15) is 0 Å². The first-order chi connectivity index (χ1) is 24.8. The molecule has 2 heteroatoms. The van der Waals surface area contributed by atoms with Crippen molar-refractivity contribution in [1.29, 1.82) is 0 Å². The maximum absolute atomic E-state index is 2.41. The summed E-state index contributed by atoms with van der Waals surface area (Å²) in [7, 11) is 0. The summed E-state index contributed by atoms with van der Waals surface area (Å²) in [5.41, 5.74) is 10.5. The predicted molar refractivity (Wildman–Crippen MR) is 215 cm³/mol. The standard InChI is InChI=1S/C48H26S2/c1-2-12-41-34(8-1)38-11-5-10-36-33(24-25-43(49-41)48(36)38)32-20-15-29-16-22-39-31(19-14-28-17-23-40(32)47(29)46(28)39)30-18-21-35-37-9-3-6-27-7-4-13-42(45(27)37)50-44(35)26-30/h1-26H. The van der Waals surface area contributed by atoms with Gasteiger partial charge in [0.1, 0.15) is 0 Å². The quantitative estimate of drug-likeness (QED) is 0.168. The van der Waals surface area contributed by atoms with E-state index in [9.17, 15) is 0 Å². The molecule has 0 aliphatic carbocycles. The van der Waals surface area contributed by atoms with Gasteiger partial charge in [-0.15, -0.1) is 0 Å². The van der Waals surface area contributed by atoms with Crippen molar-refractivity contribution in [1.82, 2.24) is 0 Å². The monoisotopic (exact) mass is 666 g/mol. The van der Waals surface area contributed by atoms with Gasteiger partial charge in [-0.25, -0.2) is 0 Å². The second kappa shape index (κ2) is 10.0. The van der Waals surface area contributed by atoms with Gasteiger partial charge in [-0.2, -0.15) is 0 Å². The van der Waals surface area contributed by atoms with Crippen molar-refractivity contribution in [3.8, 4) is 44.5 Å². The van der Waals surface area contributed by atoms with Crippen molar-refractivity contribution in [2.24, 2.45) is 0 Å². The van der Waals surface area contributed by atoms with Crippen LogP contribution in [0.5, 0.6) is 0 Å². The molecule has 50 heavy (non-hydrogen) atoms.